The lowest BCUT2D eigenvalue weighted by Crippen LogP contribution is -2.28. The normalized spacial score (nSPS) is 15.4. The van der Waals surface area contributed by atoms with E-state index in [1.54, 1.807) is 4.90 Å². The monoisotopic (exact) mass is 472 g/mol. The van der Waals surface area contributed by atoms with E-state index >= 15 is 0 Å². The highest BCUT2D eigenvalue weighted by Crippen LogP contribution is 2.32. The predicted octanol–water partition coefficient (Wildman–Crippen LogP) is 6.30. The number of amides is 2. The van der Waals surface area contributed by atoms with Crippen molar-refractivity contribution in [2.75, 3.05) is 23.4 Å². The second-order valence-corrected chi connectivity index (χ2v) is 9.14. The Morgan fingerprint density at radius 1 is 1.03 bits per heavy atom. The quantitative estimate of drug-likeness (QED) is 0.418. The third kappa shape index (κ3) is 5.83. The highest BCUT2D eigenvalue weighted by Gasteiger charge is 2.35. The average molecular weight is 473 g/mol. The third-order valence-electron chi connectivity index (χ3n) is 6.10. The highest BCUT2D eigenvalue weighted by atomic mass is 16.5. The first-order valence-electron chi connectivity index (χ1n) is 12.1. The van der Waals surface area contributed by atoms with Gasteiger partial charge in [-0.05, 0) is 85.5 Å². The second kappa shape index (κ2) is 10.6. The summed E-state index contributed by atoms with van der Waals surface area (Å²) < 4.78 is 11.6. The van der Waals surface area contributed by atoms with Gasteiger partial charge in [0.25, 0.3) is 0 Å². The number of hydrogen-bond acceptors (Lipinski definition) is 4. The second-order valence-electron chi connectivity index (χ2n) is 9.14. The largest absolute Gasteiger partial charge is 0.494 e. The molecule has 1 atom stereocenters. The Morgan fingerprint density at radius 2 is 1.71 bits per heavy atom. The molecule has 0 spiro atoms. The minimum absolute atomic E-state index is 0.0582. The topological polar surface area (TPSA) is 67.9 Å². The summed E-state index contributed by atoms with van der Waals surface area (Å²) in [6, 6.07) is 20.9. The molecule has 3 aromatic carbocycles. The van der Waals surface area contributed by atoms with Crippen molar-refractivity contribution in [2.24, 2.45) is 5.92 Å². The van der Waals surface area contributed by atoms with E-state index in [9.17, 15) is 9.59 Å². The molecule has 0 saturated carbocycles. The first-order valence-corrected chi connectivity index (χ1v) is 12.1. The number of aryl methyl sites for hydroxylation is 1. The summed E-state index contributed by atoms with van der Waals surface area (Å²) in [5.41, 5.74) is 3.73. The van der Waals surface area contributed by atoms with Gasteiger partial charge in [0, 0.05) is 24.3 Å². The van der Waals surface area contributed by atoms with Crippen LogP contribution in [0.5, 0.6) is 17.2 Å². The molecular weight excluding hydrogens is 440 g/mol. The van der Waals surface area contributed by atoms with Gasteiger partial charge in [0.15, 0.2) is 0 Å². The van der Waals surface area contributed by atoms with Crippen molar-refractivity contribution in [3.63, 3.8) is 0 Å². The van der Waals surface area contributed by atoms with Crippen LogP contribution in [0.25, 0.3) is 0 Å². The number of carbonyl (C=O) groups excluding carboxylic acids is 2. The molecule has 1 aliphatic heterocycles. The highest BCUT2D eigenvalue weighted by molar-refractivity contribution is 6.03. The molecule has 0 aromatic heterocycles. The van der Waals surface area contributed by atoms with Gasteiger partial charge >= 0.3 is 0 Å². The van der Waals surface area contributed by atoms with Crippen molar-refractivity contribution < 1.29 is 19.1 Å². The lowest BCUT2D eigenvalue weighted by molar-refractivity contribution is -0.122. The summed E-state index contributed by atoms with van der Waals surface area (Å²) in [7, 11) is 0. The average Bonchev–Trinajstić information content (AvgIpc) is 3.23. The third-order valence-corrected chi connectivity index (χ3v) is 6.10. The standard InChI is InChI=1S/C29H32N2O4/c1-5-34-24-13-9-23(10-14-24)31-18-21(17-28(31)32)29(33)30-22-7-11-25(12-8-22)35-27-16-20(4)6-15-26(27)19(2)3/h6-16,19,21H,5,17-18H2,1-4H3,(H,30,33)/t21-/m0/s1. The minimum Gasteiger partial charge on any atom is -0.494 e. The van der Waals surface area contributed by atoms with Crippen molar-refractivity contribution >= 4 is 23.2 Å². The van der Waals surface area contributed by atoms with E-state index in [0.717, 1.165) is 28.3 Å². The lowest BCUT2D eigenvalue weighted by Gasteiger charge is -2.17. The number of nitrogens with one attached hydrogen (secondary N) is 1. The predicted molar refractivity (Wildman–Crippen MR) is 138 cm³/mol. The molecular formula is C29H32N2O4. The number of hydrogen-bond donors (Lipinski definition) is 1. The molecule has 1 heterocycles. The van der Waals surface area contributed by atoms with Crippen LogP contribution < -0.4 is 19.7 Å². The molecule has 3 aromatic rings. The van der Waals surface area contributed by atoms with E-state index in [1.165, 1.54) is 0 Å². The Balaban J connectivity index is 1.37. The fourth-order valence-electron chi connectivity index (χ4n) is 4.21. The maximum atomic E-state index is 12.9. The maximum Gasteiger partial charge on any atom is 0.229 e. The number of anilines is 2. The number of benzene rings is 3. The zero-order valence-electron chi connectivity index (χ0n) is 20.7. The number of nitrogens with zero attached hydrogens (tertiary/aromatic N) is 1. The van der Waals surface area contributed by atoms with Gasteiger partial charge < -0.3 is 19.7 Å². The van der Waals surface area contributed by atoms with Crippen molar-refractivity contribution in [3.8, 4) is 17.2 Å². The van der Waals surface area contributed by atoms with Gasteiger partial charge in [0.05, 0.1) is 12.5 Å². The Morgan fingerprint density at radius 3 is 2.37 bits per heavy atom. The van der Waals surface area contributed by atoms with Crippen LogP contribution in [-0.2, 0) is 9.59 Å². The smallest absolute Gasteiger partial charge is 0.229 e. The molecule has 1 saturated heterocycles. The molecule has 6 nitrogen and oxygen atoms in total. The van der Waals surface area contributed by atoms with Crippen LogP contribution in [0.3, 0.4) is 0 Å². The zero-order valence-corrected chi connectivity index (χ0v) is 20.7. The molecule has 1 N–H and O–H groups in total. The Bertz CT molecular complexity index is 1190. The van der Waals surface area contributed by atoms with E-state index < -0.39 is 5.92 Å². The van der Waals surface area contributed by atoms with E-state index in [1.807, 2.05) is 68.4 Å². The molecule has 1 fully saturated rings. The van der Waals surface area contributed by atoms with Gasteiger partial charge in [-0.3, -0.25) is 9.59 Å². The van der Waals surface area contributed by atoms with Gasteiger partial charge in [0.2, 0.25) is 11.8 Å². The SMILES string of the molecule is CCOc1ccc(N2C[C@@H](C(=O)Nc3ccc(Oc4cc(C)ccc4C(C)C)cc3)CC2=O)cc1. The van der Waals surface area contributed by atoms with Crippen LogP contribution in [0.1, 0.15) is 44.2 Å². The Hall–Kier alpha value is -3.80. The zero-order chi connectivity index (χ0) is 24.9. The summed E-state index contributed by atoms with van der Waals surface area (Å²) in [5, 5.41) is 2.94. The summed E-state index contributed by atoms with van der Waals surface area (Å²) >= 11 is 0. The van der Waals surface area contributed by atoms with Gasteiger partial charge in [0.1, 0.15) is 17.2 Å². The van der Waals surface area contributed by atoms with Crippen LogP contribution in [-0.4, -0.2) is 25.0 Å². The van der Waals surface area contributed by atoms with Gasteiger partial charge in [-0.25, -0.2) is 0 Å². The summed E-state index contributed by atoms with van der Waals surface area (Å²) in [4.78, 5) is 27.1. The summed E-state index contributed by atoms with van der Waals surface area (Å²) in [6.45, 7) is 9.18. The van der Waals surface area contributed by atoms with Crippen LogP contribution >= 0.6 is 0 Å². The summed E-state index contributed by atoms with van der Waals surface area (Å²) in [6.07, 6.45) is 0.186. The number of ether oxygens (including phenoxy) is 2. The van der Waals surface area contributed by atoms with Crippen LogP contribution in [0.15, 0.2) is 66.7 Å². The number of rotatable bonds is 8. The van der Waals surface area contributed by atoms with Crippen LogP contribution in [0.4, 0.5) is 11.4 Å². The molecule has 0 bridgehead atoms. The van der Waals surface area contributed by atoms with E-state index in [0.29, 0.717) is 30.5 Å². The van der Waals surface area contributed by atoms with Gasteiger partial charge in [-0.2, -0.15) is 0 Å². The molecule has 35 heavy (non-hydrogen) atoms. The van der Waals surface area contributed by atoms with E-state index in [2.05, 4.69) is 31.3 Å². The fraction of sp³-hybridized carbons (Fsp3) is 0.310. The first-order chi connectivity index (χ1) is 16.8. The Labute approximate surface area is 206 Å². The van der Waals surface area contributed by atoms with Gasteiger partial charge in [-0.1, -0.05) is 26.0 Å². The van der Waals surface area contributed by atoms with E-state index in [-0.39, 0.29) is 18.2 Å². The van der Waals surface area contributed by atoms with Crippen molar-refractivity contribution in [1.82, 2.24) is 0 Å². The summed E-state index contributed by atoms with van der Waals surface area (Å²) in [5.74, 6) is 2.01. The maximum absolute atomic E-state index is 12.9. The molecule has 0 aliphatic carbocycles. The van der Waals surface area contributed by atoms with Crippen molar-refractivity contribution in [3.05, 3.63) is 77.9 Å². The molecule has 1 aliphatic rings. The molecule has 182 valence electrons. The Kier molecular flexibility index (Phi) is 7.39. The van der Waals surface area contributed by atoms with Gasteiger partial charge in [-0.15, -0.1) is 0 Å². The lowest BCUT2D eigenvalue weighted by atomic mass is 10.0. The van der Waals surface area contributed by atoms with Crippen LogP contribution in [0, 0.1) is 12.8 Å². The molecule has 0 radical (unpaired) electrons. The van der Waals surface area contributed by atoms with Crippen molar-refractivity contribution in [2.45, 2.75) is 40.0 Å². The van der Waals surface area contributed by atoms with Crippen molar-refractivity contribution in [1.29, 1.82) is 0 Å². The molecule has 0 unspecified atom stereocenters. The minimum atomic E-state index is -0.411. The molecule has 4 rings (SSSR count). The molecule has 6 heteroatoms. The fourth-order valence-corrected chi connectivity index (χ4v) is 4.21. The molecule has 2 amide bonds. The van der Waals surface area contributed by atoms with Crippen LogP contribution in [0.2, 0.25) is 0 Å². The first kappa shape index (κ1) is 24.3. The van der Waals surface area contributed by atoms with E-state index in [4.69, 9.17) is 9.47 Å². The number of carbonyl (C=O) groups is 2.